The molecule has 3 heteroatoms. The van der Waals surface area contributed by atoms with Gasteiger partial charge in [0.25, 0.3) is 0 Å². The molecule has 0 amide bonds. The molecule has 0 saturated heterocycles. The number of hydrogen-bond donors (Lipinski definition) is 0. The fourth-order valence-corrected chi connectivity index (χ4v) is 2.87. The average molecular weight is 256 g/mol. The molecule has 0 aliphatic heterocycles. The summed E-state index contributed by atoms with van der Waals surface area (Å²) in [6, 6.07) is 12.5. The maximum absolute atomic E-state index is 5.24. The van der Waals surface area contributed by atoms with Crippen LogP contribution in [0.5, 0.6) is 0 Å². The fraction of sp³-hybridized carbons (Fsp3) is 0.438. The number of para-hydroxylation sites is 1. The van der Waals surface area contributed by atoms with Crippen molar-refractivity contribution < 1.29 is 4.52 Å². The fourth-order valence-electron chi connectivity index (χ4n) is 2.87. The van der Waals surface area contributed by atoms with Gasteiger partial charge in [0.1, 0.15) is 5.76 Å². The molecule has 19 heavy (non-hydrogen) atoms. The third-order valence-corrected chi connectivity index (χ3v) is 3.88. The SMILES string of the molecule is Cc1cc(N(CC2CCCC2)c2ccccc2)no1. The topological polar surface area (TPSA) is 29.3 Å². The smallest absolute Gasteiger partial charge is 0.176 e. The first-order valence-corrected chi connectivity index (χ1v) is 7.09. The molecular weight excluding hydrogens is 236 g/mol. The molecule has 1 aromatic heterocycles. The van der Waals surface area contributed by atoms with Crippen molar-refractivity contribution in [2.75, 3.05) is 11.4 Å². The first-order chi connectivity index (χ1) is 9.33. The lowest BCUT2D eigenvalue weighted by atomic mass is 10.1. The van der Waals surface area contributed by atoms with Crippen LogP contribution in [0.3, 0.4) is 0 Å². The van der Waals surface area contributed by atoms with Crippen LogP contribution in [0.2, 0.25) is 0 Å². The number of rotatable bonds is 4. The Morgan fingerprint density at radius 1 is 1.21 bits per heavy atom. The summed E-state index contributed by atoms with van der Waals surface area (Å²) in [7, 11) is 0. The van der Waals surface area contributed by atoms with Crippen LogP contribution < -0.4 is 4.90 Å². The molecule has 1 aliphatic rings. The first-order valence-electron chi connectivity index (χ1n) is 7.09. The average Bonchev–Trinajstić information content (AvgIpc) is 3.08. The monoisotopic (exact) mass is 256 g/mol. The third kappa shape index (κ3) is 2.80. The van der Waals surface area contributed by atoms with E-state index in [-0.39, 0.29) is 0 Å². The Morgan fingerprint density at radius 2 is 1.95 bits per heavy atom. The van der Waals surface area contributed by atoms with E-state index in [1.165, 1.54) is 31.4 Å². The Hall–Kier alpha value is -1.77. The van der Waals surface area contributed by atoms with E-state index in [9.17, 15) is 0 Å². The summed E-state index contributed by atoms with van der Waals surface area (Å²) < 4.78 is 5.24. The van der Waals surface area contributed by atoms with Gasteiger partial charge in [-0.2, -0.15) is 0 Å². The summed E-state index contributed by atoms with van der Waals surface area (Å²) in [6.07, 6.45) is 5.40. The molecule has 0 unspecified atom stereocenters. The van der Waals surface area contributed by atoms with E-state index in [0.717, 1.165) is 24.0 Å². The van der Waals surface area contributed by atoms with Gasteiger partial charge in [-0.05, 0) is 37.8 Å². The number of anilines is 2. The highest BCUT2D eigenvalue weighted by atomic mass is 16.5. The number of nitrogens with zero attached hydrogens (tertiary/aromatic N) is 2. The van der Waals surface area contributed by atoms with Gasteiger partial charge < -0.3 is 9.42 Å². The molecule has 1 aromatic carbocycles. The van der Waals surface area contributed by atoms with Crippen LogP contribution in [0.4, 0.5) is 11.5 Å². The van der Waals surface area contributed by atoms with Crippen LogP contribution in [-0.2, 0) is 0 Å². The highest BCUT2D eigenvalue weighted by molar-refractivity contribution is 5.59. The zero-order chi connectivity index (χ0) is 13.1. The highest BCUT2D eigenvalue weighted by Crippen LogP contribution is 2.31. The van der Waals surface area contributed by atoms with E-state index in [4.69, 9.17) is 4.52 Å². The minimum absolute atomic E-state index is 0.775. The summed E-state index contributed by atoms with van der Waals surface area (Å²) in [5, 5.41) is 4.19. The second-order valence-corrected chi connectivity index (χ2v) is 5.39. The lowest BCUT2D eigenvalue weighted by Gasteiger charge is -2.25. The molecule has 100 valence electrons. The van der Waals surface area contributed by atoms with E-state index >= 15 is 0 Å². The molecule has 0 atom stereocenters. The van der Waals surface area contributed by atoms with Gasteiger partial charge in [0.05, 0.1) is 0 Å². The van der Waals surface area contributed by atoms with Gasteiger partial charge in [-0.15, -0.1) is 0 Å². The zero-order valence-electron chi connectivity index (χ0n) is 11.4. The van der Waals surface area contributed by atoms with Crippen molar-refractivity contribution >= 4 is 11.5 Å². The lowest BCUT2D eigenvalue weighted by Crippen LogP contribution is -2.24. The van der Waals surface area contributed by atoms with Crippen molar-refractivity contribution in [3.05, 3.63) is 42.2 Å². The lowest BCUT2D eigenvalue weighted by molar-refractivity contribution is 0.397. The van der Waals surface area contributed by atoms with Crippen molar-refractivity contribution in [2.45, 2.75) is 32.6 Å². The molecule has 0 N–H and O–H groups in total. The molecule has 0 radical (unpaired) electrons. The van der Waals surface area contributed by atoms with E-state index in [2.05, 4.69) is 34.3 Å². The maximum Gasteiger partial charge on any atom is 0.176 e. The predicted molar refractivity (Wildman–Crippen MR) is 76.6 cm³/mol. The summed E-state index contributed by atoms with van der Waals surface area (Å²) >= 11 is 0. The van der Waals surface area contributed by atoms with Crippen LogP contribution in [0.15, 0.2) is 40.9 Å². The van der Waals surface area contributed by atoms with Crippen molar-refractivity contribution in [3.8, 4) is 0 Å². The molecule has 3 rings (SSSR count). The van der Waals surface area contributed by atoms with Gasteiger partial charge in [0.15, 0.2) is 5.82 Å². The van der Waals surface area contributed by atoms with Crippen LogP contribution in [0.1, 0.15) is 31.4 Å². The van der Waals surface area contributed by atoms with Crippen molar-refractivity contribution in [2.24, 2.45) is 5.92 Å². The zero-order valence-corrected chi connectivity index (χ0v) is 11.4. The molecule has 3 nitrogen and oxygen atoms in total. The Morgan fingerprint density at radius 3 is 2.58 bits per heavy atom. The van der Waals surface area contributed by atoms with Crippen molar-refractivity contribution in [1.29, 1.82) is 0 Å². The number of benzene rings is 1. The summed E-state index contributed by atoms with van der Waals surface area (Å²) in [5.74, 6) is 2.56. The minimum Gasteiger partial charge on any atom is -0.360 e. The van der Waals surface area contributed by atoms with Crippen LogP contribution in [0, 0.1) is 12.8 Å². The molecule has 1 fully saturated rings. The van der Waals surface area contributed by atoms with Crippen LogP contribution in [0.25, 0.3) is 0 Å². The Bertz CT molecular complexity index is 515. The maximum atomic E-state index is 5.24. The van der Waals surface area contributed by atoms with Gasteiger partial charge in [-0.3, -0.25) is 0 Å². The summed E-state index contributed by atoms with van der Waals surface area (Å²) in [5.41, 5.74) is 1.20. The highest BCUT2D eigenvalue weighted by Gasteiger charge is 2.21. The van der Waals surface area contributed by atoms with E-state index in [1.807, 2.05) is 19.1 Å². The molecule has 1 heterocycles. The molecular formula is C16H20N2O. The van der Waals surface area contributed by atoms with Gasteiger partial charge in [-0.25, -0.2) is 0 Å². The Balaban J connectivity index is 1.86. The predicted octanol–water partition coefficient (Wildman–Crippen LogP) is 4.31. The molecule has 1 aliphatic carbocycles. The summed E-state index contributed by atoms with van der Waals surface area (Å²) in [6.45, 7) is 2.98. The number of hydrogen-bond acceptors (Lipinski definition) is 3. The van der Waals surface area contributed by atoms with E-state index in [1.54, 1.807) is 0 Å². The Labute approximate surface area is 114 Å². The standard InChI is InChI=1S/C16H20N2O/c1-13-11-16(17-19-13)18(12-14-7-5-6-8-14)15-9-3-2-4-10-15/h2-4,9-11,14H,5-8,12H2,1H3. The Kier molecular flexibility index (Phi) is 3.53. The molecule has 0 bridgehead atoms. The van der Waals surface area contributed by atoms with Gasteiger partial charge in [0, 0.05) is 18.3 Å². The van der Waals surface area contributed by atoms with Crippen molar-refractivity contribution in [1.82, 2.24) is 5.16 Å². The second kappa shape index (κ2) is 5.47. The van der Waals surface area contributed by atoms with Crippen molar-refractivity contribution in [3.63, 3.8) is 0 Å². The van der Waals surface area contributed by atoms with Gasteiger partial charge in [0.2, 0.25) is 0 Å². The minimum atomic E-state index is 0.775. The quantitative estimate of drug-likeness (QED) is 0.816. The van der Waals surface area contributed by atoms with Gasteiger partial charge >= 0.3 is 0 Å². The van der Waals surface area contributed by atoms with Crippen LogP contribution in [-0.4, -0.2) is 11.7 Å². The normalized spacial score (nSPS) is 15.8. The van der Waals surface area contributed by atoms with Gasteiger partial charge in [-0.1, -0.05) is 36.2 Å². The second-order valence-electron chi connectivity index (χ2n) is 5.39. The largest absolute Gasteiger partial charge is 0.360 e. The van der Waals surface area contributed by atoms with E-state index in [0.29, 0.717) is 0 Å². The third-order valence-electron chi connectivity index (χ3n) is 3.88. The summed E-state index contributed by atoms with van der Waals surface area (Å²) in [4.78, 5) is 2.28. The molecule has 0 spiro atoms. The molecule has 2 aromatic rings. The number of aromatic nitrogens is 1. The molecule has 1 saturated carbocycles. The van der Waals surface area contributed by atoms with E-state index < -0.39 is 0 Å². The van der Waals surface area contributed by atoms with Crippen LogP contribution >= 0.6 is 0 Å². The number of aryl methyl sites for hydroxylation is 1. The first kappa shape index (κ1) is 12.3.